The van der Waals surface area contributed by atoms with E-state index < -0.39 is 25.4 Å². The first kappa shape index (κ1) is 9.84. The minimum atomic E-state index is -1.41. The van der Waals surface area contributed by atoms with E-state index in [-0.39, 0.29) is 6.54 Å². The number of rotatable bonds is 6. The number of nitrogens with one attached hydrogen (secondary N) is 1. The van der Waals surface area contributed by atoms with Gasteiger partial charge in [0.1, 0.15) is 20.0 Å². The van der Waals surface area contributed by atoms with Gasteiger partial charge in [-0.15, -0.1) is 0 Å². The maximum atomic E-state index is 12.3. The van der Waals surface area contributed by atoms with E-state index in [9.17, 15) is 13.2 Å². The molecule has 0 heterocycles. The lowest BCUT2D eigenvalue weighted by atomic mass is 9.93. The molecule has 1 N–H and O–H groups in total. The van der Waals surface area contributed by atoms with Gasteiger partial charge in [-0.1, -0.05) is 0 Å². The van der Waals surface area contributed by atoms with Crippen LogP contribution in [0.1, 0.15) is 12.8 Å². The topological polar surface area (TPSA) is 12.0 Å². The Bertz CT molecular complexity index is 124. The van der Waals surface area contributed by atoms with Gasteiger partial charge in [-0.25, -0.2) is 0 Å². The minimum absolute atomic E-state index is 0.112. The number of hydrogen-bond acceptors (Lipinski definition) is 1. The molecule has 0 aliphatic heterocycles. The van der Waals surface area contributed by atoms with Crippen molar-refractivity contribution in [3.8, 4) is 0 Å². The van der Waals surface area contributed by atoms with E-state index in [1.807, 2.05) is 0 Å². The summed E-state index contributed by atoms with van der Waals surface area (Å²) in [6.07, 6.45) is 2.09. The molecule has 1 saturated carbocycles. The van der Waals surface area contributed by atoms with Crippen LogP contribution in [-0.4, -0.2) is 32.6 Å². The van der Waals surface area contributed by atoms with Crippen molar-refractivity contribution in [2.75, 3.05) is 26.6 Å². The summed E-state index contributed by atoms with van der Waals surface area (Å²) in [5, 5.41) is 2.93. The molecule has 0 radical (unpaired) electrons. The van der Waals surface area contributed by atoms with Crippen LogP contribution in [0.15, 0.2) is 0 Å². The first-order valence-electron chi connectivity index (χ1n) is 4.17. The van der Waals surface area contributed by atoms with Crippen molar-refractivity contribution in [3.05, 3.63) is 0 Å². The van der Waals surface area contributed by atoms with Gasteiger partial charge in [0, 0.05) is 12.6 Å². The van der Waals surface area contributed by atoms with Crippen LogP contribution in [-0.2, 0) is 0 Å². The highest BCUT2D eigenvalue weighted by Crippen LogP contribution is 2.23. The van der Waals surface area contributed by atoms with E-state index in [1.165, 1.54) is 0 Å². The molecule has 0 spiro atoms. The molecule has 1 aliphatic rings. The SMILES string of the molecule is FCC(CF)(CF)CNC1CC1. The van der Waals surface area contributed by atoms with E-state index in [0.29, 0.717) is 6.04 Å². The van der Waals surface area contributed by atoms with Crippen molar-refractivity contribution < 1.29 is 13.2 Å². The average molecular weight is 181 g/mol. The fraction of sp³-hybridized carbons (Fsp3) is 1.00. The van der Waals surface area contributed by atoms with Crippen LogP contribution in [0.2, 0.25) is 0 Å². The van der Waals surface area contributed by atoms with Gasteiger partial charge in [-0.05, 0) is 12.8 Å². The average Bonchev–Trinajstić information content (AvgIpc) is 2.92. The van der Waals surface area contributed by atoms with Gasteiger partial charge in [0.15, 0.2) is 0 Å². The summed E-state index contributed by atoms with van der Waals surface area (Å²) in [7, 11) is 0. The van der Waals surface area contributed by atoms with Crippen molar-refractivity contribution >= 4 is 0 Å². The predicted molar refractivity (Wildman–Crippen MR) is 41.4 cm³/mol. The standard InChI is InChI=1S/C8H14F3N/c9-3-8(4-10,5-11)6-12-7-1-2-7/h7,12H,1-6H2. The van der Waals surface area contributed by atoms with Crippen molar-refractivity contribution in [1.82, 2.24) is 5.32 Å². The fourth-order valence-corrected chi connectivity index (χ4v) is 0.897. The van der Waals surface area contributed by atoms with Crippen LogP contribution in [0.25, 0.3) is 0 Å². The van der Waals surface area contributed by atoms with E-state index >= 15 is 0 Å². The molecular weight excluding hydrogens is 167 g/mol. The normalized spacial score (nSPS) is 18.2. The fourth-order valence-electron chi connectivity index (χ4n) is 0.897. The second-order valence-electron chi connectivity index (χ2n) is 3.56. The number of alkyl halides is 3. The maximum Gasteiger partial charge on any atom is 0.101 e. The third-order valence-electron chi connectivity index (χ3n) is 2.19. The Hall–Kier alpha value is -0.250. The van der Waals surface area contributed by atoms with Gasteiger partial charge in [-0.2, -0.15) is 0 Å². The molecule has 1 fully saturated rings. The molecule has 0 aromatic rings. The Labute approximate surface area is 70.3 Å². The van der Waals surface area contributed by atoms with Crippen LogP contribution in [0.3, 0.4) is 0 Å². The summed E-state index contributed by atoms with van der Waals surface area (Å²) in [5.41, 5.74) is -1.41. The quantitative estimate of drug-likeness (QED) is 0.656. The predicted octanol–water partition coefficient (Wildman–Crippen LogP) is 1.63. The summed E-state index contributed by atoms with van der Waals surface area (Å²) in [6, 6.07) is 0.369. The van der Waals surface area contributed by atoms with Gasteiger partial charge in [0.05, 0.1) is 5.41 Å². The summed E-state index contributed by atoms with van der Waals surface area (Å²) < 4.78 is 36.8. The van der Waals surface area contributed by atoms with E-state index in [2.05, 4.69) is 5.32 Å². The summed E-state index contributed by atoms with van der Waals surface area (Å²) in [5.74, 6) is 0. The highest BCUT2D eigenvalue weighted by Gasteiger charge is 2.33. The number of hydrogen-bond donors (Lipinski definition) is 1. The monoisotopic (exact) mass is 181 g/mol. The first-order valence-corrected chi connectivity index (χ1v) is 4.17. The molecule has 72 valence electrons. The number of halogens is 3. The molecule has 0 aromatic heterocycles. The highest BCUT2D eigenvalue weighted by molar-refractivity contribution is 4.87. The molecule has 0 unspecified atom stereocenters. The minimum Gasteiger partial charge on any atom is -0.313 e. The molecule has 0 bridgehead atoms. The molecule has 0 atom stereocenters. The molecule has 0 saturated heterocycles. The zero-order chi connectivity index (χ0) is 9.03. The summed E-state index contributed by atoms with van der Waals surface area (Å²) in [6.45, 7) is -2.68. The molecule has 4 heteroatoms. The van der Waals surface area contributed by atoms with Gasteiger partial charge in [-0.3, -0.25) is 13.2 Å². The Morgan fingerprint density at radius 3 is 1.92 bits per heavy atom. The Morgan fingerprint density at radius 1 is 1.08 bits per heavy atom. The van der Waals surface area contributed by atoms with Crippen LogP contribution in [0.5, 0.6) is 0 Å². The maximum absolute atomic E-state index is 12.3. The van der Waals surface area contributed by atoms with Crippen LogP contribution >= 0.6 is 0 Å². The molecular formula is C8H14F3N. The van der Waals surface area contributed by atoms with E-state index in [4.69, 9.17) is 0 Å². The first-order chi connectivity index (χ1) is 5.76. The van der Waals surface area contributed by atoms with Gasteiger partial charge in [0.25, 0.3) is 0 Å². The lowest BCUT2D eigenvalue weighted by Gasteiger charge is -2.24. The third-order valence-corrected chi connectivity index (χ3v) is 2.19. The second kappa shape index (κ2) is 4.12. The van der Waals surface area contributed by atoms with Crippen LogP contribution in [0.4, 0.5) is 13.2 Å². The largest absolute Gasteiger partial charge is 0.313 e. The van der Waals surface area contributed by atoms with Gasteiger partial charge >= 0.3 is 0 Å². The van der Waals surface area contributed by atoms with E-state index in [1.54, 1.807) is 0 Å². The smallest absolute Gasteiger partial charge is 0.101 e. The lowest BCUT2D eigenvalue weighted by molar-refractivity contribution is 0.110. The summed E-state index contributed by atoms with van der Waals surface area (Å²) >= 11 is 0. The Kier molecular flexibility index (Phi) is 3.38. The molecule has 0 aromatic carbocycles. The molecule has 1 rings (SSSR count). The lowest BCUT2D eigenvalue weighted by Crippen LogP contribution is -2.40. The molecule has 12 heavy (non-hydrogen) atoms. The van der Waals surface area contributed by atoms with Crippen molar-refractivity contribution in [2.45, 2.75) is 18.9 Å². The molecule has 1 aliphatic carbocycles. The van der Waals surface area contributed by atoms with Crippen molar-refractivity contribution in [1.29, 1.82) is 0 Å². The molecule has 1 nitrogen and oxygen atoms in total. The Balaban J connectivity index is 2.28. The zero-order valence-corrected chi connectivity index (χ0v) is 6.95. The van der Waals surface area contributed by atoms with Crippen LogP contribution < -0.4 is 5.32 Å². The van der Waals surface area contributed by atoms with Crippen LogP contribution in [0, 0.1) is 5.41 Å². The Morgan fingerprint density at radius 2 is 1.58 bits per heavy atom. The molecule has 0 amide bonds. The van der Waals surface area contributed by atoms with Crippen molar-refractivity contribution in [2.24, 2.45) is 5.41 Å². The van der Waals surface area contributed by atoms with Gasteiger partial charge < -0.3 is 5.32 Å². The third kappa shape index (κ3) is 2.37. The van der Waals surface area contributed by atoms with Crippen molar-refractivity contribution in [3.63, 3.8) is 0 Å². The van der Waals surface area contributed by atoms with Gasteiger partial charge in [0.2, 0.25) is 0 Å². The zero-order valence-electron chi connectivity index (χ0n) is 6.95. The highest BCUT2D eigenvalue weighted by atomic mass is 19.1. The second-order valence-corrected chi connectivity index (χ2v) is 3.56. The summed E-state index contributed by atoms with van der Waals surface area (Å²) in [4.78, 5) is 0. The van der Waals surface area contributed by atoms with E-state index in [0.717, 1.165) is 12.8 Å².